The summed E-state index contributed by atoms with van der Waals surface area (Å²) in [6.45, 7) is 2.17. The lowest BCUT2D eigenvalue weighted by Gasteiger charge is -2.11. The van der Waals surface area contributed by atoms with Crippen molar-refractivity contribution in [3.05, 3.63) is 25.4 Å². The number of aryl methyl sites for hydroxylation is 1. The van der Waals surface area contributed by atoms with Gasteiger partial charge >= 0.3 is 0 Å². The van der Waals surface area contributed by atoms with E-state index in [1.54, 1.807) is 6.07 Å². The van der Waals surface area contributed by atoms with Gasteiger partial charge in [-0.1, -0.05) is 23.2 Å². The Hall–Kier alpha value is -1.17. The van der Waals surface area contributed by atoms with Crippen molar-refractivity contribution in [2.75, 3.05) is 6.61 Å². The summed E-state index contributed by atoms with van der Waals surface area (Å²) in [4.78, 5) is 11.4. The number of rotatable bonds is 3. The molecule has 0 saturated carbocycles. The van der Waals surface area contributed by atoms with E-state index in [4.69, 9.17) is 33.2 Å². The molecule has 1 atom stereocenters. The van der Waals surface area contributed by atoms with Crippen molar-refractivity contribution in [2.45, 2.75) is 25.9 Å². The topological polar surface area (TPSA) is 67.1 Å². The molecule has 0 radical (unpaired) electrons. The summed E-state index contributed by atoms with van der Waals surface area (Å²) >= 11 is 14.9. The van der Waals surface area contributed by atoms with Gasteiger partial charge in [0.1, 0.15) is 11.8 Å². The molecular weight excluding hydrogens is 452 g/mol. The van der Waals surface area contributed by atoms with E-state index >= 15 is 0 Å². The summed E-state index contributed by atoms with van der Waals surface area (Å²) in [6.07, 6.45) is 0.804. The van der Waals surface area contributed by atoms with Crippen LogP contribution in [0.15, 0.2) is 6.07 Å². The Morgan fingerprint density at radius 3 is 3.00 bits per heavy atom. The van der Waals surface area contributed by atoms with Crippen LogP contribution in [0.1, 0.15) is 25.1 Å². The molecule has 0 saturated heterocycles. The summed E-state index contributed by atoms with van der Waals surface area (Å²) < 4.78 is 8.56. The van der Waals surface area contributed by atoms with Crippen molar-refractivity contribution in [1.29, 1.82) is 5.26 Å². The molecule has 1 amide bonds. The van der Waals surface area contributed by atoms with Crippen molar-refractivity contribution in [1.82, 2.24) is 9.88 Å². The van der Waals surface area contributed by atoms with Gasteiger partial charge < -0.3 is 14.6 Å². The van der Waals surface area contributed by atoms with Crippen LogP contribution in [-0.2, 0) is 11.3 Å². The third kappa shape index (κ3) is 2.75. The number of nitrogens with one attached hydrogen (secondary N) is 1. The van der Waals surface area contributed by atoms with Gasteiger partial charge in [-0.15, -0.1) is 0 Å². The third-order valence-electron chi connectivity index (χ3n) is 3.80. The zero-order valence-corrected chi connectivity index (χ0v) is 15.8. The first-order valence-electron chi connectivity index (χ1n) is 6.92. The van der Waals surface area contributed by atoms with E-state index in [0.717, 1.165) is 33.1 Å². The maximum atomic E-state index is 11.4. The largest absolute Gasteiger partial charge is 0.478 e. The molecule has 2 aromatic rings. The lowest BCUT2D eigenvalue weighted by atomic mass is 10.1. The normalized spacial score (nSPS) is 16.2. The van der Waals surface area contributed by atoms with E-state index in [9.17, 15) is 4.79 Å². The SMILES string of the molecule is CC(=O)N[C@H]1CCn2c1c(I)c1c(OCC#N)cc(Cl)c(Cl)c12. The number of ether oxygens (including phenoxy) is 1. The van der Waals surface area contributed by atoms with E-state index in [2.05, 4.69) is 32.5 Å². The van der Waals surface area contributed by atoms with E-state index in [-0.39, 0.29) is 18.6 Å². The molecule has 1 aromatic carbocycles. The van der Waals surface area contributed by atoms with Crippen LogP contribution in [0.25, 0.3) is 10.9 Å². The summed E-state index contributed by atoms with van der Waals surface area (Å²) in [7, 11) is 0. The molecule has 0 aliphatic carbocycles. The maximum absolute atomic E-state index is 11.4. The first-order valence-corrected chi connectivity index (χ1v) is 8.75. The Labute approximate surface area is 156 Å². The number of hydrogen-bond donors (Lipinski definition) is 1. The van der Waals surface area contributed by atoms with E-state index in [0.29, 0.717) is 15.8 Å². The highest BCUT2D eigenvalue weighted by molar-refractivity contribution is 14.1. The van der Waals surface area contributed by atoms with Crippen LogP contribution in [0.3, 0.4) is 0 Å². The van der Waals surface area contributed by atoms with Crippen molar-refractivity contribution in [3.8, 4) is 11.8 Å². The van der Waals surface area contributed by atoms with Crippen LogP contribution >= 0.6 is 45.8 Å². The number of fused-ring (bicyclic) bond motifs is 3. The standard InChI is InChI=1S/C15H12Cl2IN3O2/c1-7(22)20-9-2-4-21-14(9)13(18)11-10(23-5-3-19)6-8(16)12(17)15(11)21/h6,9H,2,4-5H2,1H3,(H,20,22)/t9-/m0/s1. The smallest absolute Gasteiger partial charge is 0.217 e. The van der Waals surface area contributed by atoms with Gasteiger partial charge in [0.2, 0.25) is 5.91 Å². The molecule has 1 N–H and O–H groups in total. The Morgan fingerprint density at radius 1 is 1.61 bits per heavy atom. The third-order valence-corrected chi connectivity index (χ3v) is 5.67. The van der Waals surface area contributed by atoms with Crippen LogP contribution in [0, 0.1) is 14.9 Å². The molecule has 0 bridgehead atoms. The van der Waals surface area contributed by atoms with Gasteiger partial charge in [0, 0.05) is 23.1 Å². The first kappa shape index (κ1) is 16.7. The second kappa shape index (κ2) is 6.38. The molecule has 120 valence electrons. The number of benzene rings is 1. The van der Waals surface area contributed by atoms with Crippen molar-refractivity contribution in [2.24, 2.45) is 0 Å². The highest BCUT2D eigenvalue weighted by atomic mass is 127. The number of nitrogens with zero attached hydrogens (tertiary/aromatic N) is 2. The molecule has 2 heterocycles. The monoisotopic (exact) mass is 463 g/mol. The van der Waals surface area contributed by atoms with Gasteiger partial charge in [-0.2, -0.15) is 5.26 Å². The van der Waals surface area contributed by atoms with Crippen LogP contribution < -0.4 is 10.1 Å². The van der Waals surface area contributed by atoms with E-state index in [1.807, 2.05) is 6.07 Å². The summed E-state index contributed by atoms with van der Waals surface area (Å²) in [6, 6.07) is 3.52. The van der Waals surface area contributed by atoms with Gasteiger partial charge in [0.15, 0.2) is 6.61 Å². The number of halogens is 3. The summed E-state index contributed by atoms with van der Waals surface area (Å²) in [5.74, 6) is 0.457. The minimum Gasteiger partial charge on any atom is -0.478 e. The first-order chi connectivity index (χ1) is 11.0. The fourth-order valence-electron chi connectivity index (χ4n) is 3.00. The Morgan fingerprint density at radius 2 is 2.35 bits per heavy atom. The minimum absolute atomic E-state index is 0.0644. The lowest BCUT2D eigenvalue weighted by Crippen LogP contribution is -2.24. The predicted molar refractivity (Wildman–Crippen MR) is 97.0 cm³/mol. The summed E-state index contributed by atoms with van der Waals surface area (Å²) in [5, 5.41) is 13.4. The molecule has 0 spiro atoms. The molecule has 8 heteroatoms. The van der Waals surface area contributed by atoms with Gasteiger partial charge in [0.25, 0.3) is 0 Å². The highest BCUT2D eigenvalue weighted by Gasteiger charge is 2.32. The fraction of sp³-hybridized carbons (Fsp3) is 0.333. The molecule has 5 nitrogen and oxygen atoms in total. The molecule has 0 unspecified atom stereocenters. The number of carbonyl (C=O) groups excluding carboxylic acids is 1. The number of carbonyl (C=O) groups is 1. The molecule has 1 aromatic heterocycles. The Balaban J connectivity index is 2.25. The van der Waals surface area contributed by atoms with E-state index in [1.165, 1.54) is 6.92 Å². The van der Waals surface area contributed by atoms with Gasteiger partial charge in [-0.25, -0.2) is 0 Å². The van der Waals surface area contributed by atoms with Crippen molar-refractivity contribution < 1.29 is 9.53 Å². The second-order valence-electron chi connectivity index (χ2n) is 5.23. The van der Waals surface area contributed by atoms with Gasteiger partial charge in [-0.05, 0) is 29.0 Å². The summed E-state index contributed by atoms with van der Waals surface area (Å²) in [5.41, 5.74) is 1.79. The average molecular weight is 464 g/mol. The average Bonchev–Trinajstić information content (AvgIpc) is 3.01. The number of hydrogen-bond acceptors (Lipinski definition) is 3. The predicted octanol–water partition coefficient (Wildman–Crippen LogP) is 4.04. The second-order valence-corrected chi connectivity index (χ2v) is 7.10. The quantitative estimate of drug-likeness (QED) is 0.698. The van der Waals surface area contributed by atoms with Crippen molar-refractivity contribution >= 4 is 62.6 Å². The molecule has 23 heavy (non-hydrogen) atoms. The number of aromatic nitrogens is 1. The highest BCUT2D eigenvalue weighted by Crippen LogP contribution is 2.46. The van der Waals surface area contributed by atoms with Gasteiger partial charge in [0.05, 0.1) is 32.7 Å². The number of amides is 1. The Bertz CT molecular complexity index is 857. The van der Waals surface area contributed by atoms with Crippen LogP contribution in [0.4, 0.5) is 0 Å². The van der Waals surface area contributed by atoms with Crippen LogP contribution in [0.2, 0.25) is 10.0 Å². The van der Waals surface area contributed by atoms with E-state index < -0.39 is 0 Å². The Kier molecular flexibility index (Phi) is 4.63. The van der Waals surface area contributed by atoms with Crippen molar-refractivity contribution in [3.63, 3.8) is 0 Å². The lowest BCUT2D eigenvalue weighted by molar-refractivity contribution is -0.119. The fourth-order valence-corrected chi connectivity index (χ4v) is 4.63. The molecule has 1 aliphatic rings. The maximum Gasteiger partial charge on any atom is 0.217 e. The molecule has 1 aliphatic heterocycles. The number of nitriles is 1. The molecular formula is C15H12Cl2IN3O2. The zero-order chi connectivity index (χ0) is 16.7. The minimum atomic E-state index is -0.0745. The molecule has 3 rings (SSSR count). The zero-order valence-electron chi connectivity index (χ0n) is 12.1. The molecule has 0 fully saturated rings. The van der Waals surface area contributed by atoms with Gasteiger partial charge in [-0.3, -0.25) is 4.79 Å². The van der Waals surface area contributed by atoms with Crippen LogP contribution in [-0.4, -0.2) is 17.1 Å². The van der Waals surface area contributed by atoms with Crippen LogP contribution in [0.5, 0.6) is 5.75 Å².